The monoisotopic (exact) mass is 407 g/mol. The summed E-state index contributed by atoms with van der Waals surface area (Å²) in [6.07, 6.45) is 5.28. The molecule has 1 fully saturated rings. The van der Waals surface area contributed by atoms with Crippen molar-refractivity contribution in [2.24, 2.45) is 0 Å². The van der Waals surface area contributed by atoms with Crippen molar-refractivity contribution in [3.8, 4) is 5.69 Å². The van der Waals surface area contributed by atoms with Gasteiger partial charge in [-0.05, 0) is 42.8 Å². The third-order valence-electron chi connectivity index (χ3n) is 5.23. The van der Waals surface area contributed by atoms with E-state index < -0.39 is 5.91 Å². The van der Waals surface area contributed by atoms with Crippen molar-refractivity contribution < 1.29 is 9.53 Å². The molecule has 2 aromatic heterocycles. The molecule has 3 aromatic rings. The van der Waals surface area contributed by atoms with E-state index in [9.17, 15) is 9.59 Å². The summed E-state index contributed by atoms with van der Waals surface area (Å²) in [6, 6.07) is 11.0. The molecule has 1 aromatic carbocycles. The first-order valence-corrected chi connectivity index (χ1v) is 10.0. The Kier molecular flexibility index (Phi) is 6.06. The molecule has 1 aliphatic rings. The van der Waals surface area contributed by atoms with Gasteiger partial charge in [0.2, 0.25) is 0 Å². The van der Waals surface area contributed by atoms with Crippen LogP contribution in [0.25, 0.3) is 5.69 Å². The SMILES string of the molecule is Cc1ccn(CCN2CCOCC2)c(=O)c1C(=O)Nc1cccc(-n2cccn2)c1. The van der Waals surface area contributed by atoms with E-state index in [0.717, 1.165) is 25.3 Å². The van der Waals surface area contributed by atoms with Gasteiger partial charge >= 0.3 is 0 Å². The van der Waals surface area contributed by atoms with Crippen LogP contribution >= 0.6 is 0 Å². The maximum absolute atomic E-state index is 13.0. The molecule has 0 atom stereocenters. The van der Waals surface area contributed by atoms with Crippen LogP contribution in [0.15, 0.2) is 59.8 Å². The number of nitrogens with one attached hydrogen (secondary N) is 1. The number of nitrogens with zero attached hydrogens (tertiary/aromatic N) is 4. The van der Waals surface area contributed by atoms with E-state index in [4.69, 9.17) is 4.74 Å². The Morgan fingerprint density at radius 3 is 2.73 bits per heavy atom. The molecule has 0 aliphatic carbocycles. The average molecular weight is 407 g/mol. The third kappa shape index (κ3) is 4.50. The lowest BCUT2D eigenvalue weighted by Crippen LogP contribution is -2.40. The molecule has 0 bridgehead atoms. The molecule has 1 aliphatic heterocycles. The van der Waals surface area contributed by atoms with Crippen molar-refractivity contribution >= 4 is 11.6 Å². The predicted molar refractivity (Wildman–Crippen MR) is 114 cm³/mol. The van der Waals surface area contributed by atoms with Gasteiger partial charge in [0.15, 0.2) is 0 Å². The molecule has 156 valence electrons. The number of benzene rings is 1. The number of carbonyl (C=O) groups is 1. The second-order valence-electron chi connectivity index (χ2n) is 7.28. The van der Waals surface area contributed by atoms with E-state index in [2.05, 4.69) is 15.3 Å². The molecule has 0 spiro atoms. The first-order valence-electron chi connectivity index (χ1n) is 10.0. The van der Waals surface area contributed by atoms with Crippen LogP contribution in [-0.4, -0.2) is 58.0 Å². The van der Waals surface area contributed by atoms with Crippen LogP contribution in [0, 0.1) is 6.92 Å². The summed E-state index contributed by atoms with van der Waals surface area (Å²) < 4.78 is 8.68. The van der Waals surface area contributed by atoms with Crippen LogP contribution in [0.4, 0.5) is 5.69 Å². The minimum absolute atomic E-state index is 0.170. The van der Waals surface area contributed by atoms with E-state index >= 15 is 0 Å². The lowest BCUT2D eigenvalue weighted by Gasteiger charge is -2.26. The molecule has 30 heavy (non-hydrogen) atoms. The van der Waals surface area contributed by atoms with Gasteiger partial charge in [0.25, 0.3) is 11.5 Å². The van der Waals surface area contributed by atoms with Crippen LogP contribution in [0.5, 0.6) is 0 Å². The minimum atomic E-state index is -0.407. The highest BCUT2D eigenvalue weighted by molar-refractivity contribution is 6.05. The fourth-order valence-corrected chi connectivity index (χ4v) is 3.53. The van der Waals surface area contributed by atoms with E-state index in [1.165, 1.54) is 0 Å². The van der Waals surface area contributed by atoms with Crippen LogP contribution in [0.1, 0.15) is 15.9 Å². The molecule has 8 heteroatoms. The molecule has 1 N–H and O–H groups in total. The summed E-state index contributed by atoms with van der Waals surface area (Å²) in [7, 11) is 0. The largest absolute Gasteiger partial charge is 0.379 e. The zero-order valence-corrected chi connectivity index (χ0v) is 17.0. The standard InChI is InChI=1S/C22H25N5O3/c1-17-6-9-26(11-10-25-12-14-30-15-13-25)22(29)20(17)21(28)24-18-4-2-5-19(16-18)27-8-3-7-23-27/h2-9,16H,10-15H2,1H3,(H,24,28). The van der Waals surface area contributed by atoms with Crippen LogP contribution in [0.3, 0.4) is 0 Å². The Labute approximate surface area is 174 Å². The van der Waals surface area contributed by atoms with Gasteiger partial charge in [0.05, 0.1) is 18.9 Å². The molecule has 0 saturated carbocycles. The van der Waals surface area contributed by atoms with Crippen LogP contribution in [0.2, 0.25) is 0 Å². The molecule has 3 heterocycles. The van der Waals surface area contributed by atoms with Crippen molar-refractivity contribution in [2.75, 3.05) is 38.2 Å². The minimum Gasteiger partial charge on any atom is -0.379 e. The van der Waals surface area contributed by atoms with Gasteiger partial charge in [0.1, 0.15) is 5.56 Å². The Morgan fingerprint density at radius 2 is 1.97 bits per heavy atom. The van der Waals surface area contributed by atoms with Crippen molar-refractivity contribution in [2.45, 2.75) is 13.5 Å². The highest BCUT2D eigenvalue weighted by Crippen LogP contribution is 2.15. The Bertz CT molecular complexity index is 1070. The number of carbonyl (C=O) groups excluding carboxylic acids is 1. The number of ether oxygens (including phenoxy) is 1. The highest BCUT2D eigenvalue weighted by Gasteiger charge is 2.17. The van der Waals surface area contributed by atoms with Gasteiger partial charge in [-0.1, -0.05) is 6.07 Å². The number of amides is 1. The van der Waals surface area contributed by atoms with Gasteiger partial charge in [-0.2, -0.15) is 5.10 Å². The molecular formula is C22H25N5O3. The summed E-state index contributed by atoms with van der Waals surface area (Å²) in [4.78, 5) is 28.2. The van der Waals surface area contributed by atoms with Crippen LogP contribution in [-0.2, 0) is 11.3 Å². The van der Waals surface area contributed by atoms with Crippen molar-refractivity contribution in [3.63, 3.8) is 0 Å². The number of morpholine rings is 1. The normalized spacial score (nSPS) is 14.6. The fraction of sp³-hybridized carbons (Fsp3) is 0.318. The summed E-state index contributed by atoms with van der Waals surface area (Å²) >= 11 is 0. The first-order chi connectivity index (χ1) is 14.6. The Hall–Kier alpha value is -3.23. The van der Waals surface area contributed by atoms with Gasteiger partial charge in [-0.3, -0.25) is 14.5 Å². The summed E-state index contributed by atoms with van der Waals surface area (Å²) in [5, 5.41) is 7.06. The molecular weight excluding hydrogens is 382 g/mol. The average Bonchev–Trinajstić information content (AvgIpc) is 3.29. The zero-order chi connectivity index (χ0) is 20.9. The number of hydrogen-bond acceptors (Lipinski definition) is 5. The Balaban J connectivity index is 1.51. The maximum atomic E-state index is 13.0. The van der Waals surface area contributed by atoms with Crippen molar-refractivity contribution in [1.29, 1.82) is 0 Å². The highest BCUT2D eigenvalue weighted by atomic mass is 16.5. The second-order valence-corrected chi connectivity index (χ2v) is 7.28. The van der Waals surface area contributed by atoms with Crippen LogP contribution < -0.4 is 10.9 Å². The topological polar surface area (TPSA) is 81.4 Å². The summed E-state index contributed by atoms with van der Waals surface area (Å²) in [6.45, 7) is 6.22. The second kappa shape index (κ2) is 9.06. The van der Waals surface area contributed by atoms with Gasteiger partial charge in [-0.15, -0.1) is 0 Å². The van der Waals surface area contributed by atoms with Gasteiger partial charge < -0.3 is 14.6 Å². The number of aromatic nitrogens is 3. The molecule has 1 saturated heterocycles. The number of rotatable bonds is 6. The smallest absolute Gasteiger partial charge is 0.263 e. The van der Waals surface area contributed by atoms with Crippen molar-refractivity contribution in [3.05, 3.63) is 76.5 Å². The molecule has 8 nitrogen and oxygen atoms in total. The Morgan fingerprint density at radius 1 is 1.13 bits per heavy atom. The number of anilines is 1. The molecule has 1 amide bonds. The van der Waals surface area contributed by atoms with Gasteiger partial charge in [0, 0.05) is 50.5 Å². The predicted octanol–water partition coefficient (Wildman–Crippen LogP) is 1.93. The maximum Gasteiger partial charge on any atom is 0.263 e. The third-order valence-corrected chi connectivity index (χ3v) is 5.23. The van der Waals surface area contributed by atoms with Crippen molar-refractivity contribution in [1.82, 2.24) is 19.2 Å². The lowest BCUT2D eigenvalue weighted by atomic mass is 10.1. The van der Waals surface area contributed by atoms with E-state index in [1.807, 2.05) is 36.5 Å². The first kappa shape index (κ1) is 20.1. The number of pyridine rings is 1. The quantitative estimate of drug-likeness (QED) is 0.675. The van der Waals surface area contributed by atoms with E-state index in [1.54, 1.807) is 34.6 Å². The lowest BCUT2D eigenvalue weighted by molar-refractivity contribution is 0.0363. The molecule has 4 rings (SSSR count). The van der Waals surface area contributed by atoms with E-state index in [-0.39, 0.29) is 11.1 Å². The van der Waals surface area contributed by atoms with Gasteiger partial charge in [-0.25, -0.2) is 4.68 Å². The summed E-state index contributed by atoms with van der Waals surface area (Å²) in [5.74, 6) is -0.407. The van der Waals surface area contributed by atoms with E-state index in [0.29, 0.717) is 31.0 Å². The number of hydrogen-bond donors (Lipinski definition) is 1. The molecule has 0 radical (unpaired) electrons. The zero-order valence-electron chi connectivity index (χ0n) is 17.0. The molecule has 0 unspecified atom stereocenters. The summed E-state index contributed by atoms with van der Waals surface area (Å²) in [5.41, 5.74) is 1.98. The fourth-order valence-electron chi connectivity index (χ4n) is 3.53. The number of aryl methyl sites for hydroxylation is 1.